The van der Waals surface area contributed by atoms with Gasteiger partial charge in [0.2, 0.25) is 11.8 Å². The van der Waals surface area contributed by atoms with Gasteiger partial charge in [0.25, 0.3) is 5.69 Å². The van der Waals surface area contributed by atoms with Crippen LogP contribution in [0, 0.1) is 10.1 Å². The fourth-order valence-electron chi connectivity index (χ4n) is 2.23. The number of rotatable bonds is 7. The minimum absolute atomic E-state index is 0.0895. The zero-order valence-electron chi connectivity index (χ0n) is 13.7. The van der Waals surface area contributed by atoms with Gasteiger partial charge in [-0.3, -0.25) is 19.7 Å². The fraction of sp³-hybridized carbons (Fsp3) is 0.176. The molecule has 0 saturated heterocycles. The van der Waals surface area contributed by atoms with E-state index in [9.17, 15) is 24.8 Å². The summed E-state index contributed by atoms with van der Waals surface area (Å²) in [4.78, 5) is 34.2. The van der Waals surface area contributed by atoms with Gasteiger partial charge in [-0.05, 0) is 29.8 Å². The summed E-state index contributed by atoms with van der Waals surface area (Å²) >= 11 is 0. The second-order valence-corrected chi connectivity index (χ2v) is 5.49. The number of carbonyl (C=O) groups is 2. The second-order valence-electron chi connectivity index (χ2n) is 5.49. The SMILES string of the molecule is NCC(=O)N[C@@H](Cc1ccc(O)cc1)C(=O)Nc1ccc([N+](=O)[O-])cc1. The van der Waals surface area contributed by atoms with Crippen molar-refractivity contribution in [1.82, 2.24) is 5.32 Å². The van der Waals surface area contributed by atoms with Gasteiger partial charge in [-0.1, -0.05) is 12.1 Å². The van der Waals surface area contributed by atoms with Crippen LogP contribution in [0.25, 0.3) is 0 Å². The average Bonchev–Trinajstić information content (AvgIpc) is 2.63. The summed E-state index contributed by atoms with van der Waals surface area (Å²) in [6, 6.07) is 10.7. The van der Waals surface area contributed by atoms with E-state index in [1.807, 2.05) is 0 Å². The number of benzene rings is 2. The van der Waals surface area contributed by atoms with E-state index in [-0.39, 0.29) is 24.4 Å². The number of phenolic OH excluding ortho intramolecular Hbond substituents is 1. The first-order chi connectivity index (χ1) is 12.4. The molecular formula is C17H18N4O5. The Morgan fingerprint density at radius 2 is 1.73 bits per heavy atom. The Morgan fingerprint density at radius 3 is 2.27 bits per heavy atom. The highest BCUT2D eigenvalue weighted by Gasteiger charge is 2.21. The Balaban J connectivity index is 2.12. The summed E-state index contributed by atoms with van der Waals surface area (Å²) in [7, 11) is 0. The maximum absolute atomic E-state index is 12.5. The molecule has 0 aliphatic heterocycles. The van der Waals surface area contributed by atoms with Crippen LogP contribution in [0.3, 0.4) is 0 Å². The fourth-order valence-corrected chi connectivity index (χ4v) is 2.23. The van der Waals surface area contributed by atoms with Crippen molar-refractivity contribution < 1.29 is 19.6 Å². The van der Waals surface area contributed by atoms with E-state index in [0.717, 1.165) is 5.56 Å². The number of phenols is 1. The van der Waals surface area contributed by atoms with Gasteiger partial charge in [0.1, 0.15) is 11.8 Å². The van der Waals surface area contributed by atoms with Crippen molar-refractivity contribution in [2.75, 3.05) is 11.9 Å². The molecule has 1 atom stereocenters. The van der Waals surface area contributed by atoms with Crippen molar-refractivity contribution in [3.05, 3.63) is 64.2 Å². The predicted octanol–water partition coefficient (Wildman–Crippen LogP) is 0.925. The average molecular weight is 358 g/mol. The second kappa shape index (κ2) is 8.58. The number of nitro benzene ring substituents is 1. The van der Waals surface area contributed by atoms with Gasteiger partial charge in [0, 0.05) is 24.2 Å². The number of nitrogens with two attached hydrogens (primary N) is 1. The maximum Gasteiger partial charge on any atom is 0.269 e. The van der Waals surface area contributed by atoms with Gasteiger partial charge in [-0.25, -0.2) is 0 Å². The highest BCUT2D eigenvalue weighted by Crippen LogP contribution is 2.16. The third-order valence-corrected chi connectivity index (χ3v) is 3.56. The van der Waals surface area contributed by atoms with Crippen molar-refractivity contribution in [2.45, 2.75) is 12.5 Å². The third kappa shape index (κ3) is 5.28. The van der Waals surface area contributed by atoms with Gasteiger partial charge < -0.3 is 21.5 Å². The number of anilines is 1. The molecule has 0 fully saturated rings. The topological polar surface area (TPSA) is 148 Å². The Hall–Kier alpha value is -3.46. The lowest BCUT2D eigenvalue weighted by atomic mass is 10.0. The molecule has 9 heteroatoms. The summed E-state index contributed by atoms with van der Waals surface area (Å²) in [5.41, 5.74) is 6.28. The first-order valence-corrected chi connectivity index (χ1v) is 7.71. The lowest BCUT2D eigenvalue weighted by Gasteiger charge is -2.18. The number of nitrogens with zero attached hydrogens (tertiary/aromatic N) is 1. The molecule has 0 spiro atoms. The molecule has 26 heavy (non-hydrogen) atoms. The quantitative estimate of drug-likeness (QED) is 0.427. The Morgan fingerprint density at radius 1 is 1.12 bits per heavy atom. The molecule has 136 valence electrons. The van der Waals surface area contributed by atoms with Crippen LogP contribution in [0.4, 0.5) is 11.4 Å². The van der Waals surface area contributed by atoms with Crippen molar-refractivity contribution in [3.8, 4) is 5.75 Å². The summed E-state index contributed by atoms with van der Waals surface area (Å²) in [5, 5.41) is 25.1. The van der Waals surface area contributed by atoms with Crippen molar-refractivity contribution >= 4 is 23.2 Å². The minimum Gasteiger partial charge on any atom is -0.508 e. The lowest BCUT2D eigenvalue weighted by molar-refractivity contribution is -0.384. The summed E-state index contributed by atoms with van der Waals surface area (Å²) in [6.07, 6.45) is 0.185. The third-order valence-electron chi connectivity index (χ3n) is 3.56. The van der Waals surface area contributed by atoms with E-state index in [4.69, 9.17) is 5.73 Å². The molecule has 0 unspecified atom stereocenters. The Kier molecular flexibility index (Phi) is 6.23. The number of nitro groups is 1. The number of amides is 2. The highest BCUT2D eigenvalue weighted by molar-refractivity contribution is 5.97. The van der Waals surface area contributed by atoms with Crippen LogP contribution >= 0.6 is 0 Å². The minimum atomic E-state index is -0.897. The maximum atomic E-state index is 12.5. The predicted molar refractivity (Wildman–Crippen MR) is 94.5 cm³/mol. The lowest BCUT2D eigenvalue weighted by Crippen LogP contribution is -2.47. The van der Waals surface area contributed by atoms with Crippen LogP contribution in [-0.2, 0) is 16.0 Å². The van der Waals surface area contributed by atoms with Crippen LogP contribution in [-0.4, -0.2) is 34.4 Å². The Bertz CT molecular complexity index is 790. The molecular weight excluding hydrogens is 340 g/mol. The van der Waals surface area contributed by atoms with E-state index in [2.05, 4.69) is 10.6 Å². The summed E-state index contributed by atoms with van der Waals surface area (Å²) < 4.78 is 0. The molecule has 5 N–H and O–H groups in total. The van der Waals surface area contributed by atoms with Crippen molar-refractivity contribution in [2.24, 2.45) is 5.73 Å². The smallest absolute Gasteiger partial charge is 0.269 e. The number of carbonyl (C=O) groups excluding carboxylic acids is 2. The molecule has 9 nitrogen and oxygen atoms in total. The van der Waals surface area contributed by atoms with Crippen LogP contribution in [0.5, 0.6) is 5.75 Å². The van der Waals surface area contributed by atoms with E-state index >= 15 is 0 Å². The van der Waals surface area contributed by atoms with Gasteiger partial charge in [0.15, 0.2) is 0 Å². The van der Waals surface area contributed by atoms with Crippen LogP contribution in [0.1, 0.15) is 5.56 Å². The van der Waals surface area contributed by atoms with E-state index in [1.54, 1.807) is 12.1 Å². The molecule has 2 aromatic rings. The van der Waals surface area contributed by atoms with Gasteiger partial charge in [0.05, 0.1) is 11.5 Å². The van der Waals surface area contributed by atoms with Crippen molar-refractivity contribution in [1.29, 1.82) is 0 Å². The van der Waals surface area contributed by atoms with Crippen LogP contribution < -0.4 is 16.4 Å². The number of nitrogens with one attached hydrogen (secondary N) is 2. The monoisotopic (exact) mass is 358 g/mol. The standard InChI is InChI=1S/C17H18N4O5/c18-10-16(23)20-15(9-11-1-7-14(22)8-2-11)17(24)19-12-3-5-13(6-4-12)21(25)26/h1-8,15,22H,9-10,18H2,(H,19,24)(H,20,23)/t15-/m0/s1. The Labute approximate surface area is 149 Å². The first-order valence-electron chi connectivity index (χ1n) is 7.71. The first kappa shape index (κ1) is 18.9. The molecule has 0 heterocycles. The largest absolute Gasteiger partial charge is 0.508 e. The zero-order valence-corrected chi connectivity index (χ0v) is 13.7. The molecule has 0 aliphatic rings. The van der Waals surface area contributed by atoms with E-state index in [1.165, 1.54) is 36.4 Å². The number of hydrogen-bond acceptors (Lipinski definition) is 6. The summed E-state index contributed by atoms with van der Waals surface area (Å²) in [6.45, 7) is -0.267. The number of hydrogen-bond donors (Lipinski definition) is 4. The van der Waals surface area contributed by atoms with Gasteiger partial charge in [-0.2, -0.15) is 0 Å². The highest BCUT2D eigenvalue weighted by atomic mass is 16.6. The molecule has 0 radical (unpaired) electrons. The molecule has 2 rings (SSSR count). The van der Waals surface area contributed by atoms with E-state index in [0.29, 0.717) is 5.69 Å². The summed E-state index contributed by atoms with van der Waals surface area (Å²) in [5.74, 6) is -0.895. The van der Waals surface area contributed by atoms with Crippen molar-refractivity contribution in [3.63, 3.8) is 0 Å². The molecule has 0 aromatic heterocycles. The molecule has 0 saturated carbocycles. The number of aromatic hydroxyl groups is 1. The van der Waals surface area contributed by atoms with Crippen LogP contribution in [0.2, 0.25) is 0 Å². The molecule has 2 amide bonds. The normalized spacial score (nSPS) is 11.4. The molecule has 0 aliphatic carbocycles. The molecule has 2 aromatic carbocycles. The van der Waals surface area contributed by atoms with Gasteiger partial charge >= 0.3 is 0 Å². The molecule has 0 bridgehead atoms. The number of non-ortho nitro benzene ring substituents is 1. The van der Waals surface area contributed by atoms with Crippen LogP contribution in [0.15, 0.2) is 48.5 Å². The van der Waals surface area contributed by atoms with Gasteiger partial charge in [-0.15, -0.1) is 0 Å². The zero-order chi connectivity index (χ0) is 19.1. The van der Waals surface area contributed by atoms with E-state index < -0.39 is 22.8 Å².